The minimum absolute atomic E-state index is 0.0647. The predicted molar refractivity (Wildman–Crippen MR) is 85.4 cm³/mol. The Kier molecular flexibility index (Phi) is 6.25. The van der Waals surface area contributed by atoms with Crippen molar-refractivity contribution in [3.05, 3.63) is 29.8 Å². The number of hydrogen-bond donors (Lipinski definition) is 2. The second-order valence-corrected chi connectivity index (χ2v) is 6.49. The van der Waals surface area contributed by atoms with Gasteiger partial charge in [-0.3, -0.25) is 4.79 Å². The van der Waals surface area contributed by atoms with Gasteiger partial charge < -0.3 is 10.6 Å². The number of amides is 1. The number of carbonyl (C=O) groups is 1. The molecule has 0 aliphatic heterocycles. The Bertz CT molecular complexity index is 608. The summed E-state index contributed by atoms with van der Waals surface area (Å²) in [6, 6.07) is 5.86. The van der Waals surface area contributed by atoms with Crippen LogP contribution < -0.4 is 10.5 Å². The summed E-state index contributed by atoms with van der Waals surface area (Å²) in [6.07, 6.45) is 0. The van der Waals surface area contributed by atoms with Crippen LogP contribution in [-0.4, -0.2) is 43.8 Å². The van der Waals surface area contributed by atoms with Crippen LogP contribution in [0.4, 0.5) is 0 Å². The van der Waals surface area contributed by atoms with Crippen LogP contribution in [0.3, 0.4) is 0 Å². The summed E-state index contributed by atoms with van der Waals surface area (Å²) in [6.45, 7) is 4.50. The molecule has 1 amide bonds. The maximum atomic E-state index is 12.1. The van der Waals surface area contributed by atoms with Crippen LogP contribution in [0.1, 0.15) is 19.4 Å². The van der Waals surface area contributed by atoms with Gasteiger partial charge in [-0.25, -0.2) is 13.1 Å². The molecule has 0 unspecified atom stereocenters. The van der Waals surface area contributed by atoms with E-state index < -0.39 is 10.0 Å². The number of hydrogen-bond acceptors (Lipinski definition) is 4. The molecule has 0 aliphatic rings. The number of sulfonamides is 1. The van der Waals surface area contributed by atoms with Crippen molar-refractivity contribution >= 4 is 33.1 Å². The Morgan fingerprint density at radius 2 is 1.76 bits per heavy atom. The largest absolute Gasteiger partial charge is 0.389 e. The Hall–Kier alpha value is -1.51. The quantitative estimate of drug-likeness (QED) is 0.709. The second-order valence-electron chi connectivity index (χ2n) is 4.28. The van der Waals surface area contributed by atoms with Crippen molar-refractivity contribution in [2.24, 2.45) is 5.73 Å². The zero-order valence-corrected chi connectivity index (χ0v) is 13.6. The standard InChI is InChI=1S/C13H19N3O3S2/c1-3-16(4-2)12(17)9-15-21(18,19)11-7-5-10(6-8-11)13(14)20/h5-8,15H,3-4,9H2,1-2H3,(H2,14,20). The predicted octanol–water partition coefficient (Wildman–Crippen LogP) is 0.468. The normalized spacial score (nSPS) is 11.1. The fraction of sp³-hybridized carbons (Fsp3) is 0.385. The molecule has 0 bridgehead atoms. The van der Waals surface area contributed by atoms with E-state index in [2.05, 4.69) is 4.72 Å². The van der Waals surface area contributed by atoms with Crippen LogP contribution in [-0.2, 0) is 14.8 Å². The fourth-order valence-electron chi connectivity index (χ4n) is 1.73. The van der Waals surface area contributed by atoms with Crippen LogP contribution in [0.25, 0.3) is 0 Å². The third kappa shape index (κ3) is 4.76. The highest BCUT2D eigenvalue weighted by Gasteiger charge is 2.17. The molecule has 116 valence electrons. The van der Waals surface area contributed by atoms with E-state index in [4.69, 9.17) is 18.0 Å². The summed E-state index contributed by atoms with van der Waals surface area (Å²) in [4.78, 5) is 13.6. The smallest absolute Gasteiger partial charge is 0.241 e. The van der Waals surface area contributed by atoms with Gasteiger partial charge in [-0.2, -0.15) is 0 Å². The molecule has 0 atom stereocenters. The third-order valence-electron chi connectivity index (χ3n) is 2.98. The molecule has 1 aromatic carbocycles. The number of benzene rings is 1. The van der Waals surface area contributed by atoms with E-state index in [0.717, 1.165) is 0 Å². The van der Waals surface area contributed by atoms with E-state index >= 15 is 0 Å². The number of nitrogens with two attached hydrogens (primary N) is 1. The first-order valence-electron chi connectivity index (χ1n) is 6.49. The van der Waals surface area contributed by atoms with Crippen LogP contribution in [0, 0.1) is 0 Å². The summed E-state index contributed by atoms with van der Waals surface area (Å²) in [7, 11) is -3.73. The number of nitrogens with one attached hydrogen (secondary N) is 1. The van der Waals surface area contributed by atoms with Crippen molar-refractivity contribution in [2.45, 2.75) is 18.7 Å². The Morgan fingerprint density at radius 1 is 1.24 bits per heavy atom. The number of nitrogens with zero attached hydrogens (tertiary/aromatic N) is 1. The topological polar surface area (TPSA) is 92.5 Å². The molecule has 1 rings (SSSR count). The van der Waals surface area contributed by atoms with E-state index in [1.165, 1.54) is 24.3 Å². The minimum Gasteiger partial charge on any atom is -0.389 e. The van der Waals surface area contributed by atoms with Crippen molar-refractivity contribution in [2.75, 3.05) is 19.6 Å². The lowest BCUT2D eigenvalue weighted by Crippen LogP contribution is -2.39. The van der Waals surface area contributed by atoms with Gasteiger partial charge in [0, 0.05) is 18.7 Å². The van der Waals surface area contributed by atoms with Crippen LogP contribution in [0.15, 0.2) is 29.2 Å². The van der Waals surface area contributed by atoms with Gasteiger partial charge in [0.1, 0.15) is 4.99 Å². The minimum atomic E-state index is -3.73. The van der Waals surface area contributed by atoms with Gasteiger partial charge in [0.25, 0.3) is 0 Å². The molecular formula is C13H19N3O3S2. The molecule has 0 saturated heterocycles. The molecule has 1 aromatic rings. The molecule has 0 fully saturated rings. The average Bonchev–Trinajstić information content (AvgIpc) is 2.46. The molecule has 0 spiro atoms. The summed E-state index contributed by atoms with van der Waals surface area (Å²) in [5, 5.41) is 0. The van der Waals surface area contributed by atoms with Gasteiger partial charge in [-0.05, 0) is 26.0 Å². The van der Waals surface area contributed by atoms with Gasteiger partial charge >= 0.3 is 0 Å². The first-order valence-corrected chi connectivity index (χ1v) is 8.38. The van der Waals surface area contributed by atoms with Crippen molar-refractivity contribution in [3.8, 4) is 0 Å². The highest BCUT2D eigenvalue weighted by molar-refractivity contribution is 7.89. The van der Waals surface area contributed by atoms with E-state index in [0.29, 0.717) is 18.7 Å². The third-order valence-corrected chi connectivity index (χ3v) is 4.63. The molecule has 3 N–H and O–H groups in total. The number of rotatable bonds is 7. The van der Waals surface area contributed by atoms with Crippen molar-refractivity contribution in [3.63, 3.8) is 0 Å². The highest BCUT2D eigenvalue weighted by atomic mass is 32.2. The molecule has 0 radical (unpaired) electrons. The van der Waals surface area contributed by atoms with Gasteiger partial charge in [0.05, 0.1) is 11.4 Å². The lowest BCUT2D eigenvalue weighted by Gasteiger charge is -2.18. The maximum Gasteiger partial charge on any atom is 0.241 e. The molecule has 8 heteroatoms. The summed E-state index contributed by atoms with van der Waals surface area (Å²) in [5.74, 6) is -0.261. The fourth-order valence-corrected chi connectivity index (χ4v) is 2.84. The maximum absolute atomic E-state index is 12.1. The molecule has 6 nitrogen and oxygen atoms in total. The van der Waals surface area contributed by atoms with Crippen LogP contribution in [0.5, 0.6) is 0 Å². The first kappa shape index (κ1) is 17.5. The highest BCUT2D eigenvalue weighted by Crippen LogP contribution is 2.10. The Balaban J connectivity index is 2.78. The second kappa shape index (κ2) is 7.48. The Labute approximate surface area is 130 Å². The van der Waals surface area contributed by atoms with E-state index in [-0.39, 0.29) is 22.3 Å². The first-order chi connectivity index (χ1) is 9.81. The summed E-state index contributed by atoms with van der Waals surface area (Å²) >= 11 is 4.80. The average molecular weight is 329 g/mol. The molecule has 0 aliphatic carbocycles. The van der Waals surface area contributed by atoms with Crippen molar-refractivity contribution in [1.82, 2.24) is 9.62 Å². The van der Waals surface area contributed by atoms with Crippen LogP contribution >= 0.6 is 12.2 Å². The molecular weight excluding hydrogens is 310 g/mol. The summed E-state index contributed by atoms with van der Waals surface area (Å²) < 4.78 is 26.4. The molecule has 0 heterocycles. The van der Waals surface area contributed by atoms with Gasteiger partial charge in [0.15, 0.2) is 0 Å². The monoisotopic (exact) mass is 329 g/mol. The lowest BCUT2D eigenvalue weighted by molar-refractivity contribution is -0.129. The van der Waals surface area contributed by atoms with Gasteiger partial charge in [-0.1, -0.05) is 24.4 Å². The van der Waals surface area contributed by atoms with Gasteiger partial charge in [-0.15, -0.1) is 0 Å². The lowest BCUT2D eigenvalue weighted by atomic mass is 10.2. The zero-order chi connectivity index (χ0) is 16.0. The van der Waals surface area contributed by atoms with Gasteiger partial charge in [0.2, 0.25) is 15.9 Å². The molecule has 21 heavy (non-hydrogen) atoms. The van der Waals surface area contributed by atoms with E-state index in [1.807, 2.05) is 13.8 Å². The number of thiocarbonyl (C=S) groups is 1. The summed E-state index contributed by atoms with van der Waals surface area (Å²) in [5.41, 5.74) is 6.04. The number of carbonyl (C=O) groups excluding carboxylic acids is 1. The van der Waals surface area contributed by atoms with Crippen molar-refractivity contribution in [1.29, 1.82) is 0 Å². The molecule has 0 saturated carbocycles. The zero-order valence-electron chi connectivity index (χ0n) is 12.0. The number of likely N-dealkylation sites (N-methyl/N-ethyl adjacent to an activating group) is 1. The van der Waals surface area contributed by atoms with Crippen LogP contribution in [0.2, 0.25) is 0 Å². The van der Waals surface area contributed by atoms with Crippen molar-refractivity contribution < 1.29 is 13.2 Å². The van der Waals surface area contributed by atoms with E-state index in [1.54, 1.807) is 4.90 Å². The Morgan fingerprint density at radius 3 is 2.19 bits per heavy atom. The van der Waals surface area contributed by atoms with E-state index in [9.17, 15) is 13.2 Å². The SMILES string of the molecule is CCN(CC)C(=O)CNS(=O)(=O)c1ccc(C(N)=S)cc1. The molecule has 0 aromatic heterocycles.